The molecule has 4 aromatic heterocycles. The van der Waals surface area contributed by atoms with Crippen LogP contribution >= 0.6 is 0 Å². The van der Waals surface area contributed by atoms with E-state index in [1.165, 1.54) is 50.8 Å². The van der Waals surface area contributed by atoms with Gasteiger partial charge in [-0.3, -0.25) is 9.48 Å². The first-order valence-corrected chi connectivity index (χ1v) is 13.7. The van der Waals surface area contributed by atoms with Crippen molar-refractivity contribution in [3.05, 3.63) is 66.0 Å². The number of rotatable bonds is 11. The highest BCUT2D eigenvalue weighted by molar-refractivity contribution is 6.09. The number of amides is 1. The van der Waals surface area contributed by atoms with Crippen molar-refractivity contribution in [2.45, 2.75) is 51.4 Å². The SMILES string of the molecule is CN1CCC[C@@H]1Cn1nnc(Cn2cc(NC(=O)c3cnn4cccnc34)c(-c3cc(CC(F)F)ccc3OC(F)F)n2)n1. The Labute approximate surface area is 247 Å². The highest BCUT2D eigenvalue weighted by Gasteiger charge is 2.24. The monoisotopic (exact) mass is 613 g/mol. The highest BCUT2D eigenvalue weighted by atomic mass is 19.3. The van der Waals surface area contributed by atoms with E-state index in [0.29, 0.717) is 18.4 Å². The van der Waals surface area contributed by atoms with E-state index in [4.69, 9.17) is 4.74 Å². The van der Waals surface area contributed by atoms with Crippen LogP contribution in [0.25, 0.3) is 16.9 Å². The number of nitrogens with one attached hydrogen (secondary N) is 1. The number of alkyl halides is 4. The van der Waals surface area contributed by atoms with Gasteiger partial charge < -0.3 is 15.0 Å². The zero-order chi connectivity index (χ0) is 30.8. The Morgan fingerprint density at radius 3 is 2.84 bits per heavy atom. The normalized spacial score (nSPS) is 15.6. The lowest BCUT2D eigenvalue weighted by Gasteiger charge is -2.17. The molecule has 1 amide bonds. The fraction of sp³-hybridized carbons (Fsp3) is 0.370. The largest absolute Gasteiger partial charge is 0.434 e. The van der Waals surface area contributed by atoms with Crippen molar-refractivity contribution >= 4 is 17.2 Å². The second-order valence-electron chi connectivity index (χ2n) is 10.3. The van der Waals surface area contributed by atoms with Crippen LogP contribution in [-0.4, -0.2) is 88.1 Å². The molecule has 1 N–H and O–H groups in total. The fourth-order valence-corrected chi connectivity index (χ4v) is 5.20. The molecular weight excluding hydrogens is 586 g/mol. The van der Waals surface area contributed by atoms with Crippen LogP contribution in [0.5, 0.6) is 5.75 Å². The molecule has 1 saturated heterocycles. The molecule has 0 radical (unpaired) electrons. The summed E-state index contributed by atoms with van der Waals surface area (Å²) < 4.78 is 60.7. The Bertz CT molecular complexity index is 1770. The zero-order valence-corrected chi connectivity index (χ0v) is 23.4. The second kappa shape index (κ2) is 12.4. The molecular formula is C27H27F4N11O2. The number of likely N-dealkylation sites (tertiary alicyclic amines) is 1. The summed E-state index contributed by atoms with van der Waals surface area (Å²) in [5.74, 6) is -0.592. The van der Waals surface area contributed by atoms with Gasteiger partial charge in [-0.05, 0) is 55.4 Å². The van der Waals surface area contributed by atoms with Gasteiger partial charge in [0, 0.05) is 36.6 Å². The molecule has 1 atom stereocenters. The van der Waals surface area contributed by atoms with E-state index in [0.717, 1.165) is 19.4 Å². The number of likely N-dealkylation sites (N-methyl/N-ethyl adjacent to an activating group) is 1. The topological polar surface area (TPSA) is 133 Å². The lowest BCUT2D eigenvalue weighted by molar-refractivity contribution is -0.0494. The van der Waals surface area contributed by atoms with E-state index in [2.05, 4.69) is 40.8 Å². The summed E-state index contributed by atoms with van der Waals surface area (Å²) in [5, 5.41) is 24.1. The van der Waals surface area contributed by atoms with Gasteiger partial charge in [0.15, 0.2) is 11.5 Å². The second-order valence-corrected chi connectivity index (χ2v) is 10.3. The summed E-state index contributed by atoms with van der Waals surface area (Å²) in [5.41, 5.74) is 0.677. The third kappa shape index (κ3) is 6.36. The number of aromatic nitrogens is 9. The molecule has 0 aliphatic carbocycles. The lowest BCUT2D eigenvalue weighted by Crippen LogP contribution is -2.30. The molecule has 230 valence electrons. The molecule has 0 saturated carbocycles. The van der Waals surface area contributed by atoms with E-state index < -0.39 is 25.4 Å². The van der Waals surface area contributed by atoms with Crippen molar-refractivity contribution in [3.8, 4) is 17.0 Å². The highest BCUT2D eigenvalue weighted by Crippen LogP contribution is 2.36. The number of fused-ring (bicyclic) bond motifs is 1. The lowest BCUT2D eigenvalue weighted by atomic mass is 10.0. The zero-order valence-electron chi connectivity index (χ0n) is 23.4. The molecule has 1 aromatic carbocycles. The van der Waals surface area contributed by atoms with E-state index >= 15 is 0 Å². The molecule has 0 spiro atoms. The molecule has 1 aliphatic rings. The van der Waals surface area contributed by atoms with Crippen LogP contribution in [0, 0.1) is 0 Å². The summed E-state index contributed by atoms with van der Waals surface area (Å²) in [6.45, 7) is -1.62. The number of nitrogens with zero attached hydrogens (tertiary/aromatic N) is 10. The minimum absolute atomic E-state index is 0.00882. The van der Waals surface area contributed by atoms with Crippen LogP contribution in [0.15, 0.2) is 49.1 Å². The van der Waals surface area contributed by atoms with Gasteiger partial charge in [-0.15, -0.1) is 10.2 Å². The molecule has 44 heavy (non-hydrogen) atoms. The summed E-state index contributed by atoms with van der Waals surface area (Å²) in [4.78, 5) is 21.3. The first-order valence-electron chi connectivity index (χ1n) is 13.7. The van der Waals surface area contributed by atoms with Gasteiger partial charge in [-0.25, -0.2) is 18.3 Å². The smallest absolute Gasteiger partial charge is 0.387 e. The van der Waals surface area contributed by atoms with Crippen molar-refractivity contribution in [2.24, 2.45) is 0 Å². The third-order valence-electron chi connectivity index (χ3n) is 7.28. The quantitative estimate of drug-likeness (QED) is 0.223. The van der Waals surface area contributed by atoms with Crippen LogP contribution in [-0.2, 0) is 19.5 Å². The molecule has 1 aliphatic heterocycles. The predicted molar refractivity (Wildman–Crippen MR) is 148 cm³/mol. The van der Waals surface area contributed by atoms with Crippen molar-refractivity contribution < 1.29 is 27.1 Å². The molecule has 13 nitrogen and oxygen atoms in total. The Kier molecular flexibility index (Phi) is 8.19. The predicted octanol–water partition coefficient (Wildman–Crippen LogP) is 3.38. The van der Waals surface area contributed by atoms with Gasteiger partial charge >= 0.3 is 6.61 Å². The maximum absolute atomic E-state index is 13.4. The van der Waals surface area contributed by atoms with E-state index in [9.17, 15) is 22.4 Å². The van der Waals surface area contributed by atoms with Crippen LogP contribution < -0.4 is 10.1 Å². The van der Waals surface area contributed by atoms with Gasteiger partial charge in [0.25, 0.3) is 5.91 Å². The van der Waals surface area contributed by atoms with Gasteiger partial charge in [0.2, 0.25) is 6.43 Å². The number of tetrazole rings is 1. The molecule has 1 fully saturated rings. The first kappa shape index (κ1) is 29.2. The van der Waals surface area contributed by atoms with Crippen LogP contribution in [0.2, 0.25) is 0 Å². The fourth-order valence-electron chi connectivity index (χ4n) is 5.20. The standard InChI is InChI=1S/C27H27F4N11O2/c1-39-8-2-4-17(39)13-42-36-23(35-38-42)15-40-14-20(34-26(43)19-12-33-41-9-3-7-32-25(19)41)24(37-40)18-10-16(11-22(28)29)5-6-21(18)44-27(30)31/h3,5-7,9-10,12,14,17,22,27H,2,4,8,11,13,15H2,1H3,(H,34,43)/t17-/m1/s1. The van der Waals surface area contributed by atoms with E-state index in [1.807, 2.05) is 7.05 Å². The summed E-state index contributed by atoms with van der Waals surface area (Å²) >= 11 is 0. The molecule has 6 rings (SSSR count). The van der Waals surface area contributed by atoms with Gasteiger partial charge in [0.05, 0.1) is 18.4 Å². The number of anilines is 1. The molecule has 0 unspecified atom stereocenters. The molecule has 5 heterocycles. The van der Waals surface area contributed by atoms with Crippen molar-refractivity contribution in [1.29, 1.82) is 0 Å². The summed E-state index contributed by atoms with van der Waals surface area (Å²) in [6, 6.07) is 5.68. The number of ether oxygens (including phenoxy) is 1. The van der Waals surface area contributed by atoms with Gasteiger partial charge in [0.1, 0.15) is 23.6 Å². The van der Waals surface area contributed by atoms with Gasteiger partial charge in [-0.2, -0.15) is 23.8 Å². The average molecular weight is 614 g/mol. The van der Waals surface area contributed by atoms with E-state index in [1.54, 1.807) is 12.3 Å². The van der Waals surface area contributed by atoms with Crippen LogP contribution in [0.3, 0.4) is 0 Å². The summed E-state index contributed by atoms with van der Waals surface area (Å²) in [6.07, 6.45) is 4.73. The molecule has 17 heteroatoms. The van der Waals surface area contributed by atoms with Gasteiger partial charge in [-0.1, -0.05) is 6.07 Å². The van der Waals surface area contributed by atoms with E-state index in [-0.39, 0.29) is 46.0 Å². The molecule has 5 aromatic rings. The maximum atomic E-state index is 13.4. The number of carbonyl (C=O) groups excluding carboxylic acids is 1. The van der Waals surface area contributed by atoms with Crippen molar-refractivity contribution in [1.82, 2.24) is 49.5 Å². The van der Waals surface area contributed by atoms with Crippen LogP contribution in [0.4, 0.5) is 23.2 Å². The minimum atomic E-state index is -3.20. The Morgan fingerprint density at radius 2 is 2.07 bits per heavy atom. The minimum Gasteiger partial charge on any atom is -0.434 e. The number of halogens is 4. The number of carbonyl (C=O) groups is 1. The average Bonchev–Trinajstić information content (AvgIpc) is 3.78. The Morgan fingerprint density at radius 1 is 1.20 bits per heavy atom. The van der Waals surface area contributed by atoms with Crippen molar-refractivity contribution in [3.63, 3.8) is 0 Å². The molecule has 0 bridgehead atoms. The summed E-state index contributed by atoms with van der Waals surface area (Å²) in [7, 11) is 2.04. The number of hydrogen-bond donors (Lipinski definition) is 1. The van der Waals surface area contributed by atoms with Crippen molar-refractivity contribution in [2.75, 3.05) is 18.9 Å². The Hall–Kier alpha value is -4.93. The first-order chi connectivity index (χ1) is 21.2. The number of hydrogen-bond acceptors (Lipinski definition) is 9. The van der Waals surface area contributed by atoms with Crippen LogP contribution in [0.1, 0.15) is 34.6 Å². The Balaban J connectivity index is 1.35. The maximum Gasteiger partial charge on any atom is 0.387 e. The third-order valence-corrected chi connectivity index (χ3v) is 7.28. The number of benzene rings is 1.